The second kappa shape index (κ2) is 6.75. The summed E-state index contributed by atoms with van der Waals surface area (Å²) in [7, 11) is 1.39. The molecule has 142 valence electrons. The smallest absolute Gasteiger partial charge is 0.337 e. The molecule has 1 fully saturated rings. The van der Waals surface area contributed by atoms with Gasteiger partial charge in [-0.1, -0.05) is 38.8 Å². The van der Waals surface area contributed by atoms with Crippen molar-refractivity contribution in [3.63, 3.8) is 0 Å². The van der Waals surface area contributed by atoms with Crippen LogP contribution in [0.2, 0.25) is 0 Å². The Hall–Kier alpha value is -1.77. The maximum atomic E-state index is 11.9. The molecule has 3 atom stereocenters. The van der Waals surface area contributed by atoms with Crippen molar-refractivity contribution in [2.45, 2.75) is 59.8 Å². The fraction of sp³-hybridized carbons (Fsp3) is 0.609. The third-order valence-electron chi connectivity index (χ3n) is 7.22. The molecule has 3 nitrogen and oxygen atoms in total. The van der Waals surface area contributed by atoms with Gasteiger partial charge in [0, 0.05) is 0 Å². The van der Waals surface area contributed by atoms with E-state index in [4.69, 9.17) is 4.74 Å². The van der Waals surface area contributed by atoms with E-state index in [1.165, 1.54) is 31.9 Å². The highest BCUT2D eigenvalue weighted by Crippen LogP contribution is 2.60. The molecule has 3 rings (SSSR count). The molecule has 0 aliphatic heterocycles. The molecule has 0 saturated heterocycles. The maximum Gasteiger partial charge on any atom is 0.337 e. The number of allylic oxidation sites excluding steroid dienone is 2. The molecule has 0 bridgehead atoms. The molecule has 3 heteroatoms. The molecule has 0 unspecified atom stereocenters. The van der Waals surface area contributed by atoms with E-state index in [2.05, 4.69) is 33.8 Å². The molecule has 0 amide bonds. The first-order chi connectivity index (χ1) is 12.2. The first-order valence-corrected chi connectivity index (χ1v) is 9.76. The molecule has 2 aliphatic rings. The molecular weight excluding hydrogens is 324 g/mol. The van der Waals surface area contributed by atoms with Crippen LogP contribution in [0.5, 0.6) is 5.75 Å². The molecule has 0 aromatic heterocycles. The Bertz CT molecular complexity index is 731. The predicted molar refractivity (Wildman–Crippen MR) is 104 cm³/mol. The lowest BCUT2D eigenvalue weighted by Crippen LogP contribution is -2.49. The zero-order chi connectivity index (χ0) is 19.1. The SMILES string of the molecule is COC(=O)c1ccc(O)c(C[C@H]2C(C)=CC[C@H]3C(C)(C)CCC[C@]23C)c1. The van der Waals surface area contributed by atoms with Gasteiger partial charge in [-0.2, -0.15) is 0 Å². The van der Waals surface area contributed by atoms with Gasteiger partial charge in [0.25, 0.3) is 0 Å². The van der Waals surface area contributed by atoms with Crippen LogP contribution in [0, 0.1) is 22.7 Å². The monoisotopic (exact) mass is 356 g/mol. The van der Waals surface area contributed by atoms with Crippen molar-refractivity contribution in [2.75, 3.05) is 7.11 Å². The van der Waals surface area contributed by atoms with Crippen molar-refractivity contribution < 1.29 is 14.6 Å². The number of phenols is 1. The first-order valence-electron chi connectivity index (χ1n) is 9.76. The number of benzene rings is 1. The number of esters is 1. The molecule has 1 saturated carbocycles. The third-order valence-corrected chi connectivity index (χ3v) is 7.22. The number of ether oxygens (including phenoxy) is 1. The van der Waals surface area contributed by atoms with Gasteiger partial charge in [0.1, 0.15) is 5.75 Å². The summed E-state index contributed by atoms with van der Waals surface area (Å²) < 4.78 is 4.84. The molecule has 2 aliphatic carbocycles. The minimum absolute atomic E-state index is 0.230. The Labute approximate surface area is 157 Å². The van der Waals surface area contributed by atoms with Gasteiger partial charge >= 0.3 is 5.97 Å². The van der Waals surface area contributed by atoms with Gasteiger partial charge < -0.3 is 9.84 Å². The lowest BCUT2D eigenvalue weighted by Gasteiger charge is -2.57. The van der Waals surface area contributed by atoms with E-state index in [1.54, 1.807) is 18.2 Å². The fourth-order valence-corrected chi connectivity index (χ4v) is 5.75. The zero-order valence-corrected chi connectivity index (χ0v) is 16.8. The molecule has 1 aromatic carbocycles. The van der Waals surface area contributed by atoms with Gasteiger partial charge in [-0.15, -0.1) is 0 Å². The van der Waals surface area contributed by atoms with Crippen LogP contribution in [0.15, 0.2) is 29.8 Å². The standard InChI is InChI=1S/C23H32O3/c1-15-7-10-20-22(2,3)11-6-12-23(20,4)18(15)14-17-13-16(21(25)26-5)8-9-19(17)24/h7-9,13,18,20,24H,6,10-12,14H2,1-5H3/t18-,20-,23+/m0/s1. The van der Waals surface area contributed by atoms with E-state index in [9.17, 15) is 9.90 Å². The van der Waals surface area contributed by atoms with Crippen LogP contribution in [-0.2, 0) is 11.2 Å². The number of carbonyl (C=O) groups is 1. The third kappa shape index (κ3) is 3.17. The van der Waals surface area contributed by atoms with E-state index in [-0.39, 0.29) is 17.1 Å². The molecule has 1 N–H and O–H groups in total. The van der Waals surface area contributed by atoms with Crippen LogP contribution in [0.4, 0.5) is 0 Å². The highest BCUT2D eigenvalue weighted by atomic mass is 16.5. The Morgan fingerprint density at radius 3 is 2.69 bits per heavy atom. The average Bonchev–Trinajstić information content (AvgIpc) is 2.58. The lowest BCUT2D eigenvalue weighted by molar-refractivity contribution is -0.0369. The van der Waals surface area contributed by atoms with Crippen molar-refractivity contribution in [1.82, 2.24) is 0 Å². The average molecular weight is 357 g/mol. The largest absolute Gasteiger partial charge is 0.508 e. The van der Waals surface area contributed by atoms with Gasteiger partial charge in [-0.25, -0.2) is 4.79 Å². The number of rotatable bonds is 3. The van der Waals surface area contributed by atoms with Crippen LogP contribution in [0.1, 0.15) is 69.3 Å². The van der Waals surface area contributed by atoms with E-state index < -0.39 is 0 Å². The van der Waals surface area contributed by atoms with E-state index in [0.29, 0.717) is 22.8 Å². The second-order valence-corrected chi connectivity index (χ2v) is 9.18. The number of aromatic hydroxyl groups is 1. The quantitative estimate of drug-likeness (QED) is 0.573. The van der Waals surface area contributed by atoms with Crippen molar-refractivity contribution in [2.24, 2.45) is 22.7 Å². The highest BCUT2D eigenvalue weighted by Gasteiger charge is 2.51. The summed E-state index contributed by atoms with van der Waals surface area (Å²) in [5.74, 6) is 0.958. The second-order valence-electron chi connectivity index (χ2n) is 9.18. The normalized spacial score (nSPS) is 30.3. The maximum absolute atomic E-state index is 11.9. The minimum atomic E-state index is -0.356. The van der Waals surface area contributed by atoms with Crippen LogP contribution in [-0.4, -0.2) is 18.2 Å². The lowest BCUT2D eigenvalue weighted by atomic mass is 9.48. The molecular formula is C23H32O3. The Kier molecular flexibility index (Phi) is 4.94. The summed E-state index contributed by atoms with van der Waals surface area (Å²) in [6.07, 6.45) is 8.11. The molecule has 0 radical (unpaired) electrons. The Balaban J connectivity index is 1.97. The van der Waals surface area contributed by atoms with E-state index >= 15 is 0 Å². The van der Waals surface area contributed by atoms with Crippen molar-refractivity contribution >= 4 is 5.97 Å². The topological polar surface area (TPSA) is 46.5 Å². The van der Waals surface area contributed by atoms with Crippen LogP contribution < -0.4 is 0 Å². The predicted octanol–water partition coefficient (Wildman–Crippen LogP) is 5.52. The highest BCUT2D eigenvalue weighted by molar-refractivity contribution is 5.89. The first kappa shape index (κ1) is 19.0. The minimum Gasteiger partial charge on any atom is -0.508 e. The Morgan fingerprint density at radius 1 is 1.27 bits per heavy atom. The number of fused-ring (bicyclic) bond motifs is 1. The van der Waals surface area contributed by atoms with Crippen LogP contribution in [0.25, 0.3) is 0 Å². The number of phenolic OH excluding ortho intramolecular Hbond substituents is 1. The zero-order valence-electron chi connectivity index (χ0n) is 16.8. The number of methoxy groups -OCH3 is 1. The van der Waals surface area contributed by atoms with Gasteiger partial charge in [0.2, 0.25) is 0 Å². The summed E-state index contributed by atoms with van der Waals surface area (Å²) in [6.45, 7) is 9.50. The molecule has 0 heterocycles. The van der Waals surface area contributed by atoms with Crippen LogP contribution in [0.3, 0.4) is 0 Å². The summed E-state index contributed by atoms with van der Waals surface area (Å²) in [4.78, 5) is 11.9. The van der Waals surface area contributed by atoms with Gasteiger partial charge in [0.05, 0.1) is 12.7 Å². The summed E-state index contributed by atoms with van der Waals surface area (Å²) in [5, 5.41) is 10.4. The number of hydrogen-bond donors (Lipinski definition) is 1. The summed E-state index contributed by atoms with van der Waals surface area (Å²) in [6, 6.07) is 5.05. The fourth-order valence-electron chi connectivity index (χ4n) is 5.75. The number of hydrogen-bond acceptors (Lipinski definition) is 3. The van der Waals surface area contributed by atoms with Crippen molar-refractivity contribution in [1.29, 1.82) is 0 Å². The molecule has 1 aromatic rings. The number of carbonyl (C=O) groups excluding carboxylic acids is 1. The van der Waals surface area contributed by atoms with Gasteiger partial charge in [0.15, 0.2) is 0 Å². The van der Waals surface area contributed by atoms with Gasteiger partial charge in [-0.3, -0.25) is 0 Å². The molecule has 26 heavy (non-hydrogen) atoms. The Morgan fingerprint density at radius 2 is 2.00 bits per heavy atom. The molecule has 0 spiro atoms. The van der Waals surface area contributed by atoms with Crippen molar-refractivity contribution in [3.8, 4) is 5.75 Å². The van der Waals surface area contributed by atoms with Gasteiger partial charge in [-0.05, 0) is 79.0 Å². The van der Waals surface area contributed by atoms with E-state index in [0.717, 1.165) is 18.4 Å². The van der Waals surface area contributed by atoms with Crippen molar-refractivity contribution in [3.05, 3.63) is 41.0 Å². The van der Waals surface area contributed by atoms with E-state index in [1.807, 2.05) is 0 Å². The van der Waals surface area contributed by atoms with Crippen LogP contribution >= 0.6 is 0 Å². The summed E-state index contributed by atoms with van der Waals surface area (Å²) >= 11 is 0. The summed E-state index contributed by atoms with van der Waals surface area (Å²) in [5.41, 5.74) is 3.34.